The van der Waals surface area contributed by atoms with Crippen LogP contribution < -0.4 is 0 Å². The van der Waals surface area contributed by atoms with Crippen LogP contribution in [0.4, 0.5) is 0 Å². The first kappa shape index (κ1) is 17.0. The quantitative estimate of drug-likeness (QED) is 0.709. The summed E-state index contributed by atoms with van der Waals surface area (Å²) < 4.78 is 0. The van der Waals surface area contributed by atoms with E-state index >= 15 is 0 Å². The maximum absolute atomic E-state index is 11.5. The number of carbonyl (C=O) groups excluding carboxylic acids is 1. The largest absolute Gasteiger partial charge is 0.300 e. The van der Waals surface area contributed by atoms with E-state index in [0.717, 1.165) is 37.6 Å². The minimum Gasteiger partial charge on any atom is -0.300 e. The molecule has 22 heavy (non-hydrogen) atoms. The molecule has 5 heteroatoms. The van der Waals surface area contributed by atoms with Crippen molar-refractivity contribution in [3.63, 3.8) is 0 Å². The maximum Gasteiger partial charge on any atom is 0.135 e. The third-order valence-corrected chi connectivity index (χ3v) is 4.17. The molecule has 0 amide bonds. The first-order chi connectivity index (χ1) is 10.6. The second-order valence-electron chi connectivity index (χ2n) is 6.59. The molecule has 2 heterocycles. The van der Waals surface area contributed by atoms with Crippen LogP contribution in [-0.2, 0) is 4.79 Å². The van der Waals surface area contributed by atoms with Gasteiger partial charge >= 0.3 is 0 Å². The Labute approximate surface area is 134 Å². The molecule has 0 aromatic rings. The van der Waals surface area contributed by atoms with Gasteiger partial charge in [0.15, 0.2) is 0 Å². The minimum absolute atomic E-state index is 0.182. The Morgan fingerprint density at radius 1 is 0.773 bits per heavy atom. The number of ketones is 1. The fourth-order valence-corrected chi connectivity index (χ4v) is 3.15. The molecule has 0 N–H and O–H groups in total. The lowest BCUT2D eigenvalue weighted by atomic mass is 10.1. The first-order valence-electron chi connectivity index (χ1n) is 8.73. The summed E-state index contributed by atoms with van der Waals surface area (Å²) in [7, 11) is 0. The van der Waals surface area contributed by atoms with E-state index < -0.39 is 0 Å². The van der Waals surface area contributed by atoms with Crippen molar-refractivity contribution in [1.82, 2.24) is 10.0 Å². The van der Waals surface area contributed by atoms with Crippen LogP contribution in [0.5, 0.6) is 0 Å². The second-order valence-corrected chi connectivity index (χ2v) is 6.59. The molecule has 0 bridgehead atoms. The van der Waals surface area contributed by atoms with Gasteiger partial charge in [0.05, 0.1) is 5.71 Å². The Balaban J connectivity index is 1.96. The van der Waals surface area contributed by atoms with Crippen molar-refractivity contribution in [3.8, 4) is 0 Å². The minimum atomic E-state index is 0.182. The maximum atomic E-state index is 11.5. The van der Waals surface area contributed by atoms with E-state index in [2.05, 4.69) is 16.9 Å². The number of nitrogens with zero attached hydrogens (tertiary/aromatic N) is 4. The van der Waals surface area contributed by atoms with E-state index in [9.17, 15) is 4.79 Å². The molecule has 2 rings (SSSR count). The number of carbonyl (C=O) groups is 1. The highest BCUT2D eigenvalue weighted by molar-refractivity contribution is 6.10. The number of hydrazone groups is 2. The number of piperidine rings is 2. The van der Waals surface area contributed by atoms with Gasteiger partial charge in [-0.15, -0.1) is 0 Å². The molecule has 0 unspecified atom stereocenters. The second kappa shape index (κ2) is 8.91. The molecule has 0 saturated carbocycles. The first-order valence-corrected chi connectivity index (χ1v) is 8.73. The van der Waals surface area contributed by atoms with Crippen LogP contribution in [0.3, 0.4) is 0 Å². The van der Waals surface area contributed by atoms with Gasteiger partial charge in [-0.1, -0.05) is 0 Å². The third-order valence-electron chi connectivity index (χ3n) is 4.17. The van der Waals surface area contributed by atoms with Gasteiger partial charge in [-0.25, -0.2) is 0 Å². The SMILES string of the molecule is CC(=O)CC(CC(C)=NN1CCCCC1)=NN1CCCCC1. The summed E-state index contributed by atoms with van der Waals surface area (Å²) in [5.74, 6) is 0.182. The molecule has 0 atom stereocenters. The van der Waals surface area contributed by atoms with Gasteiger partial charge in [0.2, 0.25) is 0 Å². The molecule has 0 radical (unpaired) electrons. The smallest absolute Gasteiger partial charge is 0.135 e. The van der Waals surface area contributed by atoms with Crippen LogP contribution in [0.2, 0.25) is 0 Å². The van der Waals surface area contributed by atoms with Crippen molar-refractivity contribution >= 4 is 17.2 Å². The number of hydrogen-bond acceptors (Lipinski definition) is 5. The summed E-state index contributed by atoms with van der Waals surface area (Å²) in [5.41, 5.74) is 2.03. The van der Waals surface area contributed by atoms with E-state index in [4.69, 9.17) is 10.2 Å². The van der Waals surface area contributed by atoms with Gasteiger partial charge in [0.25, 0.3) is 0 Å². The molecule has 0 aromatic heterocycles. The van der Waals surface area contributed by atoms with Gasteiger partial charge in [0, 0.05) is 44.7 Å². The average molecular weight is 306 g/mol. The molecule has 2 fully saturated rings. The Hall–Kier alpha value is -1.39. The van der Waals surface area contributed by atoms with Crippen LogP contribution in [-0.4, -0.2) is 53.4 Å². The van der Waals surface area contributed by atoms with Crippen LogP contribution in [0, 0.1) is 0 Å². The molecular weight excluding hydrogens is 276 g/mol. The topological polar surface area (TPSA) is 48.3 Å². The summed E-state index contributed by atoms with van der Waals surface area (Å²) in [6.45, 7) is 7.85. The molecule has 2 aliphatic heterocycles. The summed E-state index contributed by atoms with van der Waals surface area (Å²) in [5, 5.41) is 13.8. The fraction of sp³-hybridized carbons (Fsp3) is 0.824. The van der Waals surface area contributed by atoms with Crippen molar-refractivity contribution < 1.29 is 4.79 Å². The highest BCUT2D eigenvalue weighted by Crippen LogP contribution is 2.12. The standard InChI is InChI=1S/C17H30N4O/c1-15(18-20-9-5-3-6-10-20)13-17(14-16(2)22)19-21-11-7-4-8-12-21/h3-14H2,1-2H3. The lowest BCUT2D eigenvalue weighted by molar-refractivity contribution is -0.115. The Kier molecular flexibility index (Phi) is 6.87. The molecule has 2 aliphatic rings. The van der Waals surface area contributed by atoms with E-state index in [-0.39, 0.29) is 5.78 Å². The lowest BCUT2D eigenvalue weighted by Crippen LogP contribution is -2.28. The summed E-state index contributed by atoms with van der Waals surface area (Å²) >= 11 is 0. The van der Waals surface area contributed by atoms with Crippen LogP contribution in [0.1, 0.15) is 65.2 Å². The zero-order chi connectivity index (χ0) is 15.8. The predicted molar refractivity (Wildman–Crippen MR) is 91.3 cm³/mol. The zero-order valence-electron chi connectivity index (χ0n) is 14.2. The van der Waals surface area contributed by atoms with Crippen molar-refractivity contribution in [2.45, 2.75) is 65.2 Å². The number of Topliss-reactive ketones (excluding diaryl/α,β-unsaturated/α-hetero) is 1. The number of hydrogen-bond donors (Lipinski definition) is 0. The van der Waals surface area contributed by atoms with E-state index in [1.807, 2.05) is 0 Å². The predicted octanol–water partition coefficient (Wildman–Crippen LogP) is 3.06. The fourth-order valence-electron chi connectivity index (χ4n) is 3.15. The van der Waals surface area contributed by atoms with Crippen molar-refractivity contribution in [2.24, 2.45) is 10.2 Å². The number of rotatable bonds is 6. The molecule has 124 valence electrons. The Bertz CT molecular complexity index is 418. The van der Waals surface area contributed by atoms with E-state index in [1.165, 1.54) is 38.5 Å². The Morgan fingerprint density at radius 2 is 1.27 bits per heavy atom. The van der Waals surface area contributed by atoms with E-state index in [1.54, 1.807) is 6.92 Å². The molecular formula is C17H30N4O. The summed E-state index contributed by atoms with van der Waals surface area (Å²) in [4.78, 5) is 11.5. The van der Waals surface area contributed by atoms with Crippen LogP contribution >= 0.6 is 0 Å². The van der Waals surface area contributed by atoms with Gasteiger partial charge in [-0.05, 0) is 52.4 Å². The summed E-state index contributed by atoms with van der Waals surface area (Å²) in [6.07, 6.45) is 8.66. The average Bonchev–Trinajstić information content (AvgIpc) is 2.48. The monoisotopic (exact) mass is 306 g/mol. The molecule has 0 aromatic carbocycles. The normalized spacial score (nSPS) is 21.2. The third kappa shape index (κ3) is 6.16. The van der Waals surface area contributed by atoms with Crippen molar-refractivity contribution in [2.75, 3.05) is 26.2 Å². The Morgan fingerprint density at radius 3 is 1.77 bits per heavy atom. The van der Waals surface area contributed by atoms with Crippen LogP contribution in [0.25, 0.3) is 0 Å². The van der Waals surface area contributed by atoms with Crippen molar-refractivity contribution in [1.29, 1.82) is 0 Å². The highest BCUT2D eigenvalue weighted by atomic mass is 16.1. The van der Waals surface area contributed by atoms with Gasteiger partial charge in [-0.3, -0.25) is 14.8 Å². The van der Waals surface area contributed by atoms with E-state index in [0.29, 0.717) is 12.8 Å². The van der Waals surface area contributed by atoms with Gasteiger partial charge < -0.3 is 0 Å². The van der Waals surface area contributed by atoms with Crippen LogP contribution in [0.15, 0.2) is 10.2 Å². The lowest BCUT2D eigenvalue weighted by Gasteiger charge is -2.26. The highest BCUT2D eigenvalue weighted by Gasteiger charge is 2.13. The molecule has 0 spiro atoms. The summed E-state index contributed by atoms with van der Waals surface area (Å²) in [6, 6.07) is 0. The van der Waals surface area contributed by atoms with Gasteiger partial charge in [-0.2, -0.15) is 10.2 Å². The molecule has 2 saturated heterocycles. The molecule has 5 nitrogen and oxygen atoms in total. The van der Waals surface area contributed by atoms with Crippen molar-refractivity contribution in [3.05, 3.63) is 0 Å². The van der Waals surface area contributed by atoms with Gasteiger partial charge in [0.1, 0.15) is 5.78 Å². The molecule has 0 aliphatic carbocycles. The zero-order valence-corrected chi connectivity index (χ0v) is 14.2.